The molecule has 2 saturated heterocycles. The summed E-state index contributed by atoms with van der Waals surface area (Å²) in [6, 6.07) is 7.67. The number of likely N-dealkylation sites (tertiary alicyclic amines) is 1. The predicted molar refractivity (Wildman–Crippen MR) is 93.2 cm³/mol. The Kier molecular flexibility index (Phi) is 5.02. The minimum absolute atomic E-state index is 0.00565. The molecule has 1 aromatic rings. The van der Waals surface area contributed by atoms with E-state index in [4.69, 9.17) is 0 Å². The number of nitrogens with zero attached hydrogens (tertiary/aromatic N) is 2. The van der Waals surface area contributed by atoms with Crippen molar-refractivity contribution in [3.8, 4) is 0 Å². The molecule has 0 bridgehead atoms. The molecule has 6 heteroatoms. The monoisotopic (exact) mass is 379 g/mol. The largest absolute Gasteiger partial charge is 0.342 e. The van der Waals surface area contributed by atoms with Crippen molar-refractivity contribution in [2.75, 3.05) is 38.1 Å². The molecule has 0 radical (unpaired) electrons. The smallest absolute Gasteiger partial charge is 0.239 e. The van der Waals surface area contributed by atoms with Crippen LogP contribution < -0.4 is 10.2 Å². The van der Waals surface area contributed by atoms with E-state index in [1.807, 2.05) is 36.2 Å². The topological polar surface area (TPSA) is 52.7 Å². The summed E-state index contributed by atoms with van der Waals surface area (Å²) < 4.78 is 0.937. The van der Waals surface area contributed by atoms with Crippen molar-refractivity contribution >= 4 is 33.4 Å². The van der Waals surface area contributed by atoms with Crippen LogP contribution in [0.3, 0.4) is 0 Å². The first-order valence-corrected chi connectivity index (χ1v) is 8.89. The van der Waals surface area contributed by atoms with Gasteiger partial charge in [-0.15, -0.1) is 0 Å². The van der Waals surface area contributed by atoms with Gasteiger partial charge in [-0.1, -0.05) is 22.0 Å². The average molecular weight is 380 g/mol. The first-order valence-electron chi connectivity index (χ1n) is 8.10. The van der Waals surface area contributed by atoms with Crippen LogP contribution in [0.4, 0.5) is 5.69 Å². The van der Waals surface area contributed by atoms with Crippen LogP contribution in [0.25, 0.3) is 0 Å². The summed E-state index contributed by atoms with van der Waals surface area (Å²) in [4.78, 5) is 29.0. The number of nitrogens with one attached hydrogen (secondary N) is 1. The van der Waals surface area contributed by atoms with Crippen molar-refractivity contribution in [2.45, 2.75) is 12.8 Å². The lowest BCUT2D eigenvalue weighted by Gasteiger charge is -2.21. The first-order chi connectivity index (χ1) is 11.1. The highest BCUT2D eigenvalue weighted by Gasteiger charge is 2.41. The van der Waals surface area contributed by atoms with Crippen molar-refractivity contribution in [3.63, 3.8) is 0 Å². The minimum Gasteiger partial charge on any atom is -0.342 e. The standard InChI is InChI=1S/C17H22BrN3O2/c1-19-10-12-5-7-20(11-12)16(22)15-6-8-21(17(15)23)14-4-2-3-13(18)9-14/h2-4,9,12,15,19H,5-8,10-11H2,1H3/t12-,15+/m0/s1. The molecule has 0 aliphatic carbocycles. The Morgan fingerprint density at radius 2 is 2.17 bits per heavy atom. The quantitative estimate of drug-likeness (QED) is 0.812. The molecule has 2 fully saturated rings. The summed E-state index contributed by atoms with van der Waals surface area (Å²) in [6.45, 7) is 3.07. The third kappa shape index (κ3) is 3.43. The molecule has 2 atom stereocenters. The van der Waals surface area contributed by atoms with E-state index in [1.165, 1.54) is 0 Å². The van der Waals surface area contributed by atoms with E-state index in [-0.39, 0.29) is 11.8 Å². The van der Waals surface area contributed by atoms with E-state index in [2.05, 4.69) is 21.2 Å². The van der Waals surface area contributed by atoms with Gasteiger partial charge in [-0.3, -0.25) is 9.59 Å². The molecule has 0 aromatic heterocycles. The van der Waals surface area contributed by atoms with Crippen LogP contribution in [0, 0.1) is 11.8 Å². The predicted octanol–water partition coefficient (Wildman–Crippen LogP) is 1.87. The van der Waals surface area contributed by atoms with E-state index in [1.54, 1.807) is 4.90 Å². The zero-order valence-electron chi connectivity index (χ0n) is 13.3. The van der Waals surface area contributed by atoms with Gasteiger partial charge < -0.3 is 15.1 Å². The Morgan fingerprint density at radius 1 is 1.35 bits per heavy atom. The van der Waals surface area contributed by atoms with Crippen molar-refractivity contribution in [1.82, 2.24) is 10.2 Å². The molecule has 3 rings (SSSR count). The second kappa shape index (κ2) is 7.01. The van der Waals surface area contributed by atoms with E-state index in [9.17, 15) is 9.59 Å². The van der Waals surface area contributed by atoms with Gasteiger partial charge in [-0.05, 0) is 50.6 Å². The Labute approximate surface area is 145 Å². The summed E-state index contributed by atoms with van der Waals surface area (Å²) in [5.74, 6) is -0.0692. The Bertz CT molecular complexity index is 607. The van der Waals surface area contributed by atoms with Crippen LogP contribution in [0.1, 0.15) is 12.8 Å². The van der Waals surface area contributed by atoms with E-state index in [0.717, 1.165) is 36.2 Å². The van der Waals surface area contributed by atoms with Gasteiger partial charge in [0, 0.05) is 29.8 Å². The molecule has 0 unspecified atom stereocenters. The number of carbonyl (C=O) groups is 2. The summed E-state index contributed by atoms with van der Waals surface area (Å²) in [6.07, 6.45) is 1.63. The SMILES string of the molecule is CNC[C@@H]1CCN(C(=O)[C@H]2CCN(c3cccc(Br)c3)C2=O)C1. The third-order valence-electron chi connectivity index (χ3n) is 4.71. The number of hydrogen-bond acceptors (Lipinski definition) is 3. The summed E-state index contributed by atoms with van der Waals surface area (Å²) in [5.41, 5.74) is 0.856. The number of anilines is 1. The molecule has 1 N–H and O–H groups in total. The number of halogens is 1. The molecule has 2 aliphatic heterocycles. The lowest BCUT2D eigenvalue weighted by Crippen LogP contribution is -2.39. The lowest BCUT2D eigenvalue weighted by molar-refractivity contribution is -0.139. The maximum Gasteiger partial charge on any atom is 0.239 e. The molecule has 1 aromatic carbocycles. The van der Waals surface area contributed by atoms with Gasteiger partial charge in [0.15, 0.2) is 0 Å². The van der Waals surface area contributed by atoms with Crippen LogP contribution in [-0.2, 0) is 9.59 Å². The highest BCUT2D eigenvalue weighted by Crippen LogP contribution is 2.29. The van der Waals surface area contributed by atoms with Gasteiger partial charge in [0.05, 0.1) is 0 Å². The highest BCUT2D eigenvalue weighted by atomic mass is 79.9. The Balaban J connectivity index is 1.66. The molecule has 23 heavy (non-hydrogen) atoms. The molecule has 0 spiro atoms. The van der Waals surface area contributed by atoms with Crippen LogP contribution in [0.15, 0.2) is 28.7 Å². The maximum atomic E-state index is 12.7. The Morgan fingerprint density at radius 3 is 2.91 bits per heavy atom. The van der Waals surface area contributed by atoms with Crippen LogP contribution >= 0.6 is 15.9 Å². The molecule has 2 aliphatic rings. The number of rotatable bonds is 4. The summed E-state index contributed by atoms with van der Waals surface area (Å²) >= 11 is 3.43. The van der Waals surface area contributed by atoms with Crippen LogP contribution in [0.5, 0.6) is 0 Å². The van der Waals surface area contributed by atoms with Gasteiger partial charge in [-0.25, -0.2) is 0 Å². The number of hydrogen-bond donors (Lipinski definition) is 1. The van der Waals surface area contributed by atoms with Crippen molar-refractivity contribution in [1.29, 1.82) is 0 Å². The first kappa shape index (κ1) is 16.5. The molecular weight excluding hydrogens is 358 g/mol. The van der Waals surface area contributed by atoms with Gasteiger partial charge in [0.25, 0.3) is 0 Å². The Hall–Kier alpha value is -1.40. The zero-order chi connectivity index (χ0) is 16.4. The maximum absolute atomic E-state index is 12.7. The van der Waals surface area contributed by atoms with Crippen LogP contribution in [0.2, 0.25) is 0 Å². The third-order valence-corrected chi connectivity index (χ3v) is 5.21. The minimum atomic E-state index is -0.512. The fourth-order valence-electron chi connectivity index (χ4n) is 3.52. The zero-order valence-corrected chi connectivity index (χ0v) is 14.9. The summed E-state index contributed by atoms with van der Waals surface area (Å²) in [5, 5.41) is 3.16. The number of benzene rings is 1. The molecule has 2 amide bonds. The van der Waals surface area contributed by atoms with Crippen molar-refractivity contribution in [3.05, 3.63) is 28.7 Å². The van der Waals surface area contributed by atoms with Crippen molar-refractivity contribution < 1.29 is 9.59 Å². The number of amides is 2. The second-order valence-corrected chi connectivity index (χ2v) is 7.22. The lowest BCUT2D eigenvalue weighted by atomic mass is 10.1. The summed E-state index contributed by atoms with van der Waals surface area (Å²) in [7, 11) is 1.93. The fraction of sp³-hybridized carbons (Fsp3) is 0.529. The normalized spacial score (nSPS) is 24.5. The van der Waals surface area contributed by atoms with E-state index < -0.39 is 5.92 Å². The van der Waals surface area contributed by atoms with Gasteiger partial charge in [-0.2, -0.15) is 0 Å². The van der Waals surface area contributed by atoms with Gasteiger partial charge in [0.2, 0.25) is 11.8 Å². The molecular formula is C17H22BrN3O2. The second-order valence-electron chi connectivity index (χ2n) is 6.31. The molecule has 0 saturated carbocycles. The molecule has 5 nitrogen and oxygen atoms in total. The van der Waals surface area contributed by atoms with Gasteiger partial charge >= 0.3 is 0 Å². The highest BCUT2D eigenvalue weighted by molar-refractivity contribution is 9.10. The average Bonchev–Trinajstić information content (AvgIpc) is 3.14. The van der Waals surface area contributed by atoms with E-state index >= 15 is 0 Å². The van der Waals surface area contributed by atoms with Crippen molar-refractivity contribution in [2.24, 2.45) is 11.8 Å². The van der Waals surface area contributed by atoms with E-state index in [0.29, 0.717) is 18.9 Å². The molecule has 124 valence electrons. The number of carbonyl (C=O) groups excluding carboxylic acids is 2. The molecule has 2 heterocycles. The fourth-order valence-corrected chi connectivity index (χ4v) is 3.91. The van der Waals surface area contributed by atoms with Crippen LogP contribution in [-0.4, -0.2) is 49.9 Å². The van der Waals surface area contributed by atoms with Gasteiger partial charge in [0.1, 0.15) is 5.92 Å².